The minimum absolute atomic E-state index is 0.00643. The van der Waals surface area contributed by atoms with Gasteiger partial charge in [0.05, 0.1) is 19.2 Å². The predicted molar refractivity (Wildman–Crippen MR) is 96.4 cm³/mol. The number of rotatable bonds is 7. The summed E-state index contributed by atoms with van der Waals surface area (Å²) >= 11 is 0. The third kappa shape index (κ3) is 4.95. The van der Waals surface area contributed by atoms with E-state index in [0.717, 1.165) is 18.4 Å². The number of amides is 2. The highest BCUT2D eigenvalue weighted by molar-refractivity contribution is 5.94. The molecule has 2 amide bonds. The molecule has 2 rings (SSSR count). The lowest BCUT2D eigenvalue weighted by Gasteiger charge is -2.42. The molecule has 0 saturated heterocycles. The lowest BCUT2D eigenvalue weighted by Crippen LogP contribution is -2.55. The average molecular weight is 363 g/mol. The van der Waals surface area contributed by atoms with Crippen molar-refractivity contribution in [3.8, 4) is 0 Å². The number of hydrogen-bond acceptors (Lipinski definition) is 5. The number of likely N-dealkylation sites (N-methyl/N-ethyl adjacent to an activating group) is 1. The molecule has 1 aliphatic carbocycles. The van der Waals surface area contributed by atoms with Crippen molar-refractivity contribution in [2.45, 2.75) is 38.8 Å². The van der Waals surface area contributed by atoms with Crippen molar-refractivity contribution in [2.75, 3.05) is 25.5 Å². The van der Waals surface area contributed by atoms with E-state index in [9.17, 15) is 14.4 Å². The normalized spacial score (nSPS) is 18.8. The van der Waals surface area contributed by atoms with E-state index < -0.39 is 11.9 Å². The second kappa shape index (κ2) is 8.66. The molecule has 0 spiro atoms. The molecule has 1 aromatic carbocycles. The Bertz CT molecular complexity index is 685. The first kappa shape index (κ1) is 19.7. The number of aliphatic carboxylic acids is 1. The van der Waals surface area contributed by atoms with E-state index in [0.29, 0.717) is 17.8 Å². The van der Waals surface area contributed by atoms with Crippen LogP contribution in [0.3, 0.4) is 0 Å². The number of carbonyl (C=O) groups is 3. The molecule has 0 bridgehead atoms. The van der Waals surface area contributed by atoms with Gasteiger partial charge in [0.15, 0.2) is 0 Å². The molecule has 0 unspecified atom stereocenters. The third-order valence-electron chi connectivity index (χ3n) is 4.62. The number of carboxylic acid groups (broad SMARTS) is 1. The van der Waals surface area contributed by atoms with Gasteiger partial charge in [-0.1, -0.05) is 13.0 Å². The smallest absolute Gasteiger partial charge is 0.337 e. The van der Waals surface area contributed by atoms with Crippen molar-refractivity contribution in [1.82, 2.24) is 10.2 Å². The minimum Gasteiger partial charge on any atom is -0.480 e. The number of esters is 1. The summed E-state index contributed by atoms with van der Waals surface area (Å²) in [7, 11) is 1.30. The first-order valence-corrected chi connectivity index (χ1v) is 8.56. The van der Waals surface area contributed by atoms with Crippen LogP contribution in [0.25, 0.3) is 0 Å². The van der Waals surface area contributed by atoms with Gasteiger partial charge in [0.25, 0.3) is 0 Å². The summed E-state index contributed by atoms with van der Waals surface area (Å²) in [6, 6.07) is 4.79. The monoisotopic (exact) mass is 363 g/mol. The fraction of sp³-hybridized carbons (Fsp3) is 0.500. The Morgan fingerprint density at radius 3 is 2.58 bits per heavy atom. The van der Waals surface area contributed by atoms with Crippen molar-refractivity contribution in [3.63, 3.8) is 0 Å². The van der Waals surface area contributed by atoms with Gasteiger partial charge in [-0.25, -0.2) is 9.59 Å². The highest BCUT2D eigenvalue weighted by Gasteiger charge is 2.34. The van der Waals surface area contributed by atoms with Gasteiger partial charge in [-0.3, -0.25) is 9.69 Å². The number of methoxy groups -OCH3 is 1. The molecule has 0 radical (unpaired) electrons. The van der Waals surface area contributed by atoms with Crippen LogP contribution in [0.2, 0.25) is 0 Å². The number of nitrogens with zero attached hydrogens (tertiary/aromatic N) is 1. The van der Waals surface area contributed by atoms with Crippen molar-refractivity contribution < 1.29 is 24.2 Å². The number of aryl methyl sites for hydroxylation is 1. The van der Waals surface area contributed by atoms with Gasteiger partial charge in [-0.2, -0.15) is 0 Å². The largest absolute Gasteiger partial charge is 0.480 e. The van der Waals surface area contributed by atoms with E-state index in [1.807, 2.05) is 18.7 Å². The Labute approximate surface area is 152 Å². The van der Waals surface area contributed by atoms with Crippen LogP contribution in [0.5, 0.6) is 0 Å². The zero-order valence-electron chi connectivity index (χ0n) is 15.2. The van der Waals surface area contributed by atoms with Crippen LogP contribution in [0.1, 0.15) is 35.7 Å². The minimum atomic E-state index is -0.845. The van der Waals surface area contributed by atoms with Crippen LogP contribution in [-0.4, -0.2) is 60.3 Å². The van der Waals surface area contributed by atoms with Crippen molar-refractivity contribution >= 4 is 23.7 Å². The molecule has 8 nitrogen and oxygen atoms in total. The van der Waals surface area contributed by atoms with Gasteiger partial charge in [0, 0.05) is 17.8 Å². The second-order valence-electron chi connectivity index (χ2n) is 6.40. The van der Waals surface area contributed by atoms with E-state index in [1.165, 1.54) is 7.11 Å². The fourth-order valence-corrected chi connectivity index (χ4v) is 3.02. The van der Waals surface area contributed by atoms with E-state index in [1.54, 1.807) is 18.2 Å². The third-order valence-corrected chi connectivity index (χ3v) is 4.62. The lowest BCUT2D eigenvalue weighted by atomic mass is 9.85. The van der Waals surface area contributed by atoms with Crippen LogP contribution in [0, 0.1) is 6.92 Å². The Morgan fingerprint density at radius 2 is 2.00 bits per heavy atom. The van der Waals surface area contributed by atoms with Crippen LogP contribution in [0.15, 0.2) is 18.2 Å². The summed E-state index contributed by atoms with van der Waals surface area (Å²) < 4.78 is 4.69. The molecule has 142 valence electrons. The molecule has 1 aromatic rings. The molecule has 0 heterocycles. The van der Waals surface area contributed by atoms with E-state index in [4.69, 9.17) is 5.11 Å². The predicted octanol–water partition coefficient (Wildman–Crippen LogP) is 1.84. The highest BCUT2D eigenvalue weighted by atomic mass is 16.5. The van der Waals surface area contributed by atoms with Crippen LogP contribution in [-0.2, 0) is 9.53 Å². The number of ether oxygens (including phenoxy) is 1. The summed E-state index contributed by atoms with van der Waals surface area (Å²) in [5.41, 5.74) is 1.74. The van der Waals surface area contributed by atoms with E-state index in [2.05, 4.69) is 15.4 Å². The van der Waals surface area contributed by atoms with Gasteiger partial charge < -0.3 is 20.5 Å². The number of carboxylic acids is 1. The van der Waals surface area contributed by atoms with E-state index in [-0.39, 0.29) is 24.7 Å². The molecular formula is C18H25N3O5. The number of urea groups is 1. The first-order valence-electron chi connectivity index (χ1n) is 8.56. The van der Waals surface area contributed by atoms with Gasteiger partial charge in [0.1, 0.15) is 0 Å². The molecule has 3 N–H and O–H groups in total. The number of carbonyl (C=O) groups excluding carboxylic acids is 2. The Hall–Kier alpha value is -2.61. The Morgan fingerprint density at radius 1 is 1.31 bits per heavy atom. The summed E-state index contributed by atoms with van der Waals surface area (Å²) in [6.45, 7) is 4.43. The standard InChI is InChI=1S/C18H25N3O5/c1-4-21(10-16(22)23)14-8-13(9-14)19-18(25)20-15-7-12(17(24)26-3)6-5-11(15)2/h5-7,13-14H,4,8-10H2,1-3H3,(H,22,23)(H2,19,20,25). The van der Waals surface area contributed by atoms with Gasteiger partial charge >= 0.3 is 18.0 Å². The van der Waals surface area contributed by atoms with E-state index >= 15 is 0 Å². The van der Waals surface area contributed by atoms with Crippen molar-refractivity contribution in [1.29, 1.82) is 0 Å². The average Bonchev–Trinajstić information content (AvgIpc) is 2.57. The summed E-state index contributed by atoms with van der Waals surface area (Å²) in [6.07, 6.45) is 1.44. The summed E-state index contributed by atoms with van der Waals surface area (Å²) in [5, 5.41) is 14.5. The molecule has 8 heteroatoms. The zero-order valence-corrected chi connectivity index (χ0v) is 15.2. The number of anilines is 1. The van der Waals surface area contributed by atoms with Crippen molar-refractivity contribution in [3.05, 3.63) is 29.3 Å². The fourth-order valence-electron chi connectivity index (χ4n) is 3.02. The van der Waals surface area contributed by atoms with Crippen LogP contribution >= 0.6 is 0 Å². The SMILES string of the molecule is CCN(CC(=O)O)C1CC(NC(=O)Nc2cc(C(=O)OC)ccc2C)C1. The summed E-state index contributed by atoms with van der Waals surface area (Å²) in [5.74, 6) is -1.31. The van der Waals surface area contributed by atoms with Crippen molar-refractivity contribution in [2.24, 2.45) is 0 Å². The molecular weight excluding hydrogens is 338 g/mol. The second-order valence-corrected chi connectivity index (χ2v) is 6.40. The highest BCUT2D eigenvalue weighted by Crippen LogP contribution is 2.26. The van der Waals surface area contributed by atoms with Gasteiger partial charge in [-0.05, 0) is 44.0 Å². The molecule has 0 atom stereocenters. The zero-order chi connectivity index (χ0) is 19.3. The Balaban J connectivity index is 1.87. The maximum Gasteiger partial charge on any atom is 0.337 e. The molecule has 1 aliphatic rings. The molecule has 0 aliphatic heterocycles. The molecule has 26 heavy (non-hydrogen) atoms. The van der Waals surface area contributed by atoms with Gasteiger partial charge in [0.2, 0.25) is 0 Å². The van der Waals surface area contributed by atoms with Crippen LogP contribution < -0.4 is 10.6 Å². The molecule has 0 aromatic heterocycles. The van der Waals surface area contributed by atoms with Gasteiger partial charge in [-0.15, -0.1) is 0 Å². The lowest BCUT2D eigenvalue weighted by molar-refractivity contribution is -0.139. The Kier molecular flexibility index (Phi) is 6.57. The summed E-state index contributed by atoms with van der Waals surface area (Å²) in [4.78, 5) is 36.5. The number of benzene rings is 1. The topological polar surface area (TPSA) is 108 Å². The first-order chi connectivity index (χ1) is 12.3. The number of hydrogen-bond donors (Lipinski definition) is 3. The van der Waals surface area contributed by atoms with Crippen LogP contribution in [0.4, 0.5) is 10.5 Å². The maximum absolute atomic E-state index is 12.2. The maximum atomic E-state index is 12.2. The quantitative estimate of drug-likeness (QED) is 0.638. The molecule has 1 fully saturated rings. The number of nitrogens with one attached hydrogen (secondary N) is 2. The molecule has 1 saturated carbocycles.